The molecule has 0 unspecified atom stereocenters. The second kappa shape index (κ2) is 9.32. The average molecular weight is 434 g/mol. The van der Waals surface area contributed by atoms with Crippen molar-refractivity contribution in [3.8, 4) is 5.75 Å². The van der Waals surface area contributed by atoms with Crippen LogP contribution in [0, 0.1) is 0 Å². The van der Waals surface area contributed by atoms with Crippen molar-refractivity contribution >= 4 is 35.1 Å². The molecule has 0 aliphatic heterocycles. The Bertz CT molecular complexity index is 953. The molecule has 8 nitrogen and oxygen atoms in total. The first-order valence-electron chi connectivity index (χ1n) is 9.34. The molecule has 0 spiro atoms. The van der Waals surface area contributed by atoms with Crippen LogP contribution in [0.5, 0.6) is 5.75 Å². The van der Waals surface area contributed by atoms with Crippen LogP contribution in [0.15, 0.2) is 46.2 Å². The van der Waals surface area contributed by atoms with Crippen LogP contribution in [-0.2, 0) is 11.4 Å². The molecular weight excluding hydrogens is 414 g/mol. The van der Waals surface area contributed by atoms with Crippen molar-refractivity contribution in [1.29, 1.82) is 0 Å². The zero-order chi connectivity index (χ0) is 20.1. The van der Waals surface area contributed by atoms with Gasteiger partial charge in [-0.05, 0) is 37.1 Å². The Hall–Kier alpha value is -2.52. The molecule has 2 heterocycles. The van der Waals surface area contributed by atoms with E-state index in [2.05, 4.69) is 20.6 Å². The van der Waals surface area contributed by atoms with E-state index in [9.17, 15) is 4.79 Å². The van der Waals surface area contributed by atoms with Crippen molar-refractivity contribution < 1.29 is 13.9 Å². The molecule has 29 heavy (non-hydrogen) atoms. The summed E-state index contributed by atoms with van der Waals surface area (Å²) in [6.07, 6.45) is 6.32. The summed E-state index contributed by atoms with van der Waals surface area (Å²) in [6, 6.07) is 9.18. The second-order valence-electron chi connectivity index (χ2n) is 6.64. The van der Waals surface area contributed by atoms with E-state index < -0.39 is 0 Å². The summed E-state index contributed by atoms with van der Waals surface area (Å²) in [5.74, 6) is 1.73. The lowest BCUT2D eigenvalue weighted by atomic mass is 10.2. The number of amides is 1. The number of ether oxygens (including phenoxy) is 1. The van der Waals surface area contributed by atoms with Crippen molar-refractivity contribution in [2.75, 3.05) is 11.1 Å². The van der Waals surface area contributed by atoms with Gasteiger partial charge in [0.1, 0.15) is 11.6 Å². The first-order chi connectivity index (χ1) is 14.2. The number of nitrogens with zero attached hydrogens (tertiary/aromatic N) is 4. The molecule has 0 bridgehead atoms. The normalized spacial score (nSPS) is 14.2. The zero-order valence-electron chi connectivity index (χ0n) is 15.6. The molecule has 1 fully saturated rings. The van der Waals surface area contributed by atoms with Crippen LogP contribution in [-0.4, -0.2) is 31.6 Å². The maximum absolute atomic E-state index is 12.3. The van der Waals surface area contributed by atoms with Gasteiger partial charge in [0.15, 0.2) is 6.61 Å². The Labute approximate surface area is 177 Å². The van der Waals surface area contributed by atoms with Crippen molar-refractivity contribution in [3.05, 3.63) is 47.4 Å². The molecule has 1 saturated carbocycles. The molecular formula is C19H20ClN5O3S. The van der Waals surface area contributed by atoms with Gasteiger partial charge < -0.3 is 14.5 Å². The summed E-state index contributed by atoms with van der Waals surface area (Å²) in [5, 5.41) is 16.1. The molecule has 3 aromatic rings. The number of anilines is 1. The third-order valence-electron chi connectivity index (χ3n) is 4.56. The van der Waals surface area contributed by atoms with Gasteiger partial charge in [-0.3, -0.25) is 4.79 Å². The van der Waals surface area contributed by atoms with E-state index in [1.165, 1.54) is 24.6 Å². The molecule has 1 aliphatic rings. The van der Waals surface area contributed by atoms with E-state index in [0.29, 0.717) is 27.9 Å². The largest absolute Gasteiger partial charge is 0.484 e. The maximum Gasteiger partial charge on any atom is 0.277 e. The van der Waals surface area contributed by atoms with Crippen LogP contribution in [0.3, 0.4) is 0 Å². The lowest BCUT2D eigenvalue weighted by Crippen LogP contribution is -2.19. The monoisotopic (exact) mass is 433 g/mol. The van der Waals surface area contributed by atoms with E-state index in [1.54, 1.807) is 30.5 Å². The van der Waals surface area contributed by atoms with E-state index in [4.69, 9.17) is 20.8 Å². The van der Waals surface area contributed by atoms with Gasteiger partial charge in [0.25, 0.3) is 11.1 Å². The summed E-state index contributed by atoms with van der Waals surface area (Å²) in [6.45, 7) is 0.141. The zero-order valence-corrected chi connectivity index (χ0v) is 17.2. The smallest absolute Gasteiger partial charge is 0.277 e. The maximum atomic E-state index is 12.3. The number of carbonyl (C=O) groups is 1. The molecule has 1 aliphatic carbocycles. The lowest BCUT2D eigenvalue weighted by molar-refractivity contribution is -0.113. The standard InChI is InChI=1S/C19H20ClN5O3S/c20-13-5-7-15(8-6-13)27-11-18-23-24-19(28-18)29-12-17(26)22-16-9-10-21-25(16)14-3-1-2-4-14/h5-10,14H,1-4,11-12H2,(H,22,26). The third kappa shape index (κ3) is 5.30. The lowest BCUT2D eigenvalue weighted by Gasteiger charge is -2.14. The Morgan fingerprint density at radius 2 is 2.03 bits per heavy atom. The van der Waals surface area contributed by atoms with Crippen molar-refractivity contribution in [2.24, 2.45) is 0 Å². The predicted octanol–water partition coefficient (Wildman–Crippen LogP) is 4.34. The molecule has 2 aromatic heterocycles. The van der Waals surface area contributed by atoms with Gasteiger partial charge in [0, 0.05) is 11.1 Å². The number of aromatic nitrogens is 4. The van der Waals surface area contributed by atoms with E-state index in [-0.39, 0.29) is 18.3 Å². The van der Waals surface area contributed by atoms with E-state index in [1.807, 2.05) is 10.7 Å². The summed E-state index contributed by atoms with van der Waals surface area (Å²) >= 11 is 7.02. The SMILES string of the molecule is O=C(CSc1nnc(COc2ccc(Cl)cc2)o1)Nc1ccnn1C1CCCC1. The fourth-order valence-electron chi connectivity index (χ4n) is 3.19. The molecule has 1 amide bonds. The van der Waals surface area contributed by atoms with E-state index in [0.717, 1.165) is 18.7 Å². The average Bonchev–Trinajstić information content (AvgIpc) is 3.47. The van der Waals surface area contributed by atoms with Crippen molar-refractivity contribution in [1.82, 2.24) is 20.0 Å². The summed E-state index contributed by atoms with van der Waals surface area (Å²) in [4.78, 5) is 12.3. The van der Waals surface area contributed by atoms with Gasteiger partial charge in [-0.15, -0.1) is 10.2 Å². The minimum absolute atomic E-state index is 0.141. The number of rotatable bonds is 8. The molecule has 0 saturated heterocycles. The Morgan fingerprint density at radius 3 is 2.83 bits per heavy atom. The highest BCUT2D eigenvalue weighted by Crippen LogP contribution is 2.31. The minimum Gasteiger partial charge on any atom is -0.484 e. The number of benzene rings is 1. The second-order valence-corrected chi connectivity index (χ2v) is 8.00. The quantitative estimate of drug-likeness (QED) is 0.527. The van der Waals surface area contributed by atoms with Crippen molar-refractivity contribution in [3.63, 3.8) is 0 Å². The molecule has 1 N–H and O–H groups in total. The number of nitrogens with one attached hydrogen (secondary N) is 1. The Morgan fingerprint density at radius 1 is 1.24 bits per heavy atom. The van der Waals surface area contributed by atoms with Gasteiger partial charge in [-0.25, -0.2) is 4.68 Å². The van der Waals surface area contributed by atoms with Crippen LogP contribution < -0.4 is 10.1 Å². The summed E-state index contributed by atoms with van der Waals surface area (Å²) in [7, 11) is 0. The number of thioether (sulfide) groups is 1. The molecule has 10 heteroatoms. The van der Waals surface area contributed by atoms with Gasteiger partial charge in [0.05, 0.1) is 18.0 Å². The van der Waals surface area contributed by atoms with Crippen LogP contribution >= 0.6 is 23.4 Å². The molecule has 0 radical (unpaired) electrons. The fraction of sp³-hybridized carbons (Fsp3) is 0.368. The molecule has 4 rings (SSSR count). The number of hydrogen-bond donors (Lipinski definition) is 1. The molecule has 152 valence electrons. The van der Waals surface area contributed by atoms with Crippen LogP contribution in [0.25, 0.3) is 0 Å². The van der Waals surface area contributed by atoms with Gasteiger partial charge in [-0.1, -0.05) is 36.2 Å². The number of halogens is 1. The minimum atomic E-state index is -0.146. The molecule has 0 atom stereocenters. The number of hydrogen-bond acceptors (Lipinski definition) is 7. The van der Waals surface area contributed by atoms with Gasteiger partial charge >= 0.3 is 0 Å². The Kier molecular flexibility index (Phi) is 6.36. The number of carbonyl (C=O) groups excluding carboxylic acids is 1. The first-order valence-corrected chi connectivity index (χ1v) is 10.7. The van der Waals surface area contributed by atoms with Crippen LogP contribution in [0.1, 0.15) is 37.6 Å². The molecule has 1 aromatic carbocycles. The predicted molar refractivity (Wildman–Crippen MR) is 109 cm³/mol. The summed E-state index contributed by atoms with van der Waals surface area (Å²) < 4.78 is 13.0. The highest BCUT2D eigenvalue weighted by atomic mass is 35.5. The van der Waals surface area contributed by atoms with Crippen molar-refractivity contribution in [2.45, 2.75) is 43.6 Å². The third-order valence-corrected chi connectivity index (χ3v) is 5.63. The van der Waals surface area contributed by atoms with Gasteiger partial charge in [0.2, 0.25) is 5.91 Å². The Balaban J connectivity index is 1.25. The van der Waals surface area contributed by atoms with Crippen LogP contribution in [0.2, 0.25) is 5.02 Å². The van der Waals surface area contributed by atoms with Crippen LogP contribution in [0.4, 0.5) is 5.82 Å². The van der Waals surface area contributed by atoms with Gasteiger partial charge in [-0.2, -0.15) is 5.10 Å². The fourth-order valence-corrected chi connectivity index (χ4v) is 3.90. The highest BCUT2D eigenvalue weighted by molar-refractivity contribution is 7.99. The first kappa shape index (κ1) is 19.8. The summed E-state index contributed by atoms with van der Waals surface area (Å²) in [5.41, 5.74) is 0. The topological polar surface area (TPSA) is 95.1 Å². The van der Waals surface area contributed by atoms with E-state index >= 15 is 0 Å². The highest BCUT2D eigenvalue weighted by Gasteiger charge is 2.20.